The number of halogens is 2. The van der Waals surface area contributed by atoms with E-state index in [2.05, 4.69) is 15.3 Å². The fourth-order valence-electron chi connectivity index (χ4n) is 2.16. The first-order valence-corrected chi connectivity index (χ1v) is 7.32. The van der Waals surface area contributed by atoms with E-state index in [0.29, 0.717) is 22.9 Å². The van der Waals surface area contributed by atoms with Gasteiger partial charge in [0.2, 0.25) is 0 Å². The van der Waals surface area contributed by atoms with Crippen LogP contribution in [0.2, 0.25) is 5.02 Å². The van der Waals surface area contributed by atoms with Crippen LogP contribution in [-0.4, -0.2) is 16.5 Å². The lowest BCUT2D eigenvalue weighted by Gasteiger charge is -2.02. The van der Waals surface area contributed by atoms with Crippen molar-refractivity contribution in [2.45, 2.75) is 13.0 Å². The van der Waals surface area contributed by atoms with E-state index in [0.717, 1.165) is 24.4 Å². The van der Waals surface area contributed by atoms with Crippen LogP contribution in [0, 0.1) is 5.82 Å². The summed E-state index contributed by atoms with van der Waals surface area (Å²) in [5.41, 5.74) is 1.49. The highest BCUT2D eigenvalue weighted by molar-refractivity contribution is 6.30. The molecule has 3 aromatic rings. The molecule has 0 aliphatic carbocycles. The van der Waals surface area contributed by atoms with Crippen LogP contribution < -0.4 is 5.32 Å². The molecule has 1 aromatic carbocycles. The van der Waals surface area contributed by atoms with E-state index in [1.54, 1.807) is 30.7 Å². The summed E-state index contributed by atoms with van der Waals surface area (Å²) < 4.78 is 19.5. The Morgan fingerprint density at radius 3 is 2.95 bits per heavy atom. The molecule has 0 fully saturated rings. The highest BCUT2D eigenvalue weighted by Crippen LogP contribution is 2.27. The zero-order valence-electron chi connectivity index (χ0n) is 11.8. The fraction of sp³-hybridized carbons (Fsp3) is 0.188. The largest absolute Gasteiger partial charge is 0.460 e. The van der Waals surface area contributed by atoms with Gasteiger partial charge in [0.25, 0.3) is 0 Å². The van der Waals surface area contributed by atoms with Crippen molar-refractivity contribution in [3.8, 4) is 11.3 Å². The number of rotatable bonds is 6. The third-order valence-corrected chi connectivity index (χ3v) is 3.52. The zero-order valence-corrected chi connectivity index (χ0v) is 12.5. The number of nitrogens with one attached hydrogen (secondary N) is 2. The van der Waals surface area contributed by atoms with Gasteiger partial charge in [-0.2, -0.15) is 0 Å². The fourth-order valence-corrected chi connectivity index (χ4v) is 2.32. The van der Waals surface area contributed by atoms with Crippen molar-refractivity contribution in [2.75, 3.05) is 6.54 Å². The molecule has 0 bridgehead atoms. The van der Waals surface area contributed by atoms with Gasteiger partial charge < -0.3 is 14.7 Å². The van der Waals surface area contributed by atoms with Crippen molar-refractivity contribution in [1.29, 1.82) is 0 Å². The summed E-state index contributed by atoms with van der Waals surface area (Å²) in [4.78, 5) is 7.01. The van der Waals surface area contributed by atoms with Crippen molar-refractivity contribution in [3.63, 3.8) is 0 Å². The lowest BCUT2D eigenvalue weighted by molar-refractivity contribution is 0.491. The summed E-state index contributed by atoms with van der Waals surface area (Å²) in [6.07, 6.45) is 4.32. The molecule has 0 atom stereocenters. The lowest BCUT2D eigenvalue weighted by atomic mass is 10.1. The van der Waals surface area contributed by atoms with E-state index >= 15 is 0 Å². The molecule has 22 heavy (non-hydrogen) atoms. The quantitative estimate of drug-likeness (QED) is 0.680. The Bertz CT molecular complexity index is 740. The van der Waals surface area contributed by atoms with Crippen LogP contribution in [0.15, 0.2) is 47.3 Å². The first kappa shape index (κ1) is 14.8. The van der Waals surface area contributed by atoms with Gasteiger partial charge in [-0.1, -0.05) is 11.6 Å². The van der Waals surface area contributed by atoms with Crippen LogP contribution in [0.3, 0.4) is 0 Å². The SMILES string of the molecule is Fc1cc(Cl)ccc1-c1ccc(CNCCc2cnc[nH]2)o1. The summed E-state index contributed by atoms with van der Waals surface area (Å²) >= 11 is 5.75. The molecule has 114 valence electrons. The minimum Gasteiger partial charge on any atom is -0.460 e. The maximum atomic E-state index is 13.8. The number of benzene rings is 1. The van der Waals surface area contributed by atoms with Gasteiger partial charge in [0.05, 0.1) is 18.4 Å². The molecule has 2 heterocycles. The van der Waals surface area contributed by atoms with Crippen molar-refractivity contribution in [1.82, 2.24) is 15.3 Å². The van der Waals surface area contributed by atoms with Crippen molar-refractivity contribution in [2.24, 2.45) is 0 Å². The zero-order chi connectivity index (χ0) is 15.4. The topological polar surface area (TPSA) is 53.9 Å². The number of nitrogens with zero attached hydrogens (tertiary/aromatic N) is 1. The number of hydrogen-bond donors (Lipinski definition) is 2. The maximum Gasteiger partial charge on any atom is 0.137 e. The lowest BCUT2D eigenvalue weighted by Crippen LogP contribution is -2.16. The summed E-state index contributed by atoms with van der Waals surface area (Å²) in [7, 11) is 0. The molecular weight excluding hydrogens is 305 g/mol. The van der Waals surface area contributed by atoms with Gasteiger partial charge in [0, 0.05) is 29.9 Å². The van der Waals surface area contributed by atoms with E-state index in [1.807, 2.05) is 6.07 Å². The van der Waals surface area contributed by atoms with Crippen LogP contribution in [0.25, 0.3) is 11.3 Å². The number of imidazole rings is 1. The Morgan fingerprint density at radius 1 is 1.27 bits per heavy atom. The van der Waals surface area contributed by atoms with E-state index in [9.17, 15) is 4.39 Å². The summed E-state index contributed by atoms with van der Waals surface area (Å²) in [5.74, 6) is 0.870. The van der Waals surface area contributed by atoms with Crippen molar-refractivity contribution < 1.29 is 8.81 Å². The van der Waals surface area contributed by atoms with Gasteiger partial charge in [0.1, 0.15) is 17.3 Å². The monoisotopic (exact) mass is 319 g/mol. The van der Waals surface area contributed by atoms with Gasteiger partial charge in [-0.3, -0.25) is 0 Å². The third-order valence-electron chi connectivity index (χ3n) is 3.28. The molecule has 2 N–H and O–H groups in total. The number of furan rings is 1. The Morgan fingerprint density at radius 2 is 2.18 bits per heavy atom. The van der Waals surface area contributed by atoms with Gasteiger partial charge >= 0.3 is 0 Å². The van der Waals surface area contributed by atoms with Gasteiger partial charge in [-0.15, -0.1) is 0 Å². The molecule has 0 unspecified atom stereocenters. The van der Waals surface area contributed by atoms with Gasteiger partial charge in [-0.25, -0.2) is 9.37 Å². The summed E-state index contributed by atoms with van der Waals surface area (Å²) in [5, 5.41) is 3.64. The molecule has 0 aliphatic rings. The summed E-state index contributed by atoms with van der Waals surface area (Å²) in [6, 6.07) is 8.14. The standard InChI is InChI=1S/C16H15ClFN3O/c17-11-1-3-14(15(18)7-11)16-4-2-13(22-16)9-19-6-5-12-8-20-10-21-12/h1-4,7-8,10,19H,5-6,9H2,(H,20,21). The highest BCUT2D eigenvalue weighted by Gasteiger charge is 2.10. The third kappa shape index (κ3) is 3.55. The Labute approximate surface area is 132 Å². The van der Waals surface area contributed by atoms with Crippen LogP contribution in [-0.2, 0) is 13.0 Å². The minimum atomic E-state index is -0.388. The van der Waals surface area contributed by atoms with Gasteiger partial charge in [-0.05, 0) is 30.3 Å². The molecule has 0 amide bonds. The molecule has 2 aromatic heterocycles. The Balaban J connectivity index is 1.57. The maximum absolute atomic E-state index is 13.8. The van der Waals surface area contributed by atoms with Crippen LogP contribution >= 0.6 is 11.6 Å². The van der Waals surface area contributed by atoms with Crippen LogP contribution in [0.4, 0.5) is 4.39 Å². The number of H-pyrrole nitrogens is 1. The molecule has 0 aliphatic heterocycles. The second-order valence-corrected chi connectivity index (χ2v) is 5.33. The Hall–Kier alpha value is -2.11. The number of aromatic nitrogens is 2. The number of aromatic amines is 1. The second-order valence-electron chi connectivity index (χ2n) is 4.89. The smallest absolute Gasteiger partial charge is 0.137 e. The van der Waals surface area contributed by atoms with Crippen LogP contribution in [0.1, 0.15) is 11.5 Å². The molecule has 3 rings (SSSR count). The van der Waals surface area contributed by atoms with Crippen LogP contribution in [0.5, 0.6) is 0 Å². The van der Waals surface area contributed by atoms with E-state index in [4.69, 9.17) is 16.0 Å². The van der Waals surface area contributed by atoms with E-state index in [-0.39, 0.29) is 5.82 Å². The normalized spacial score (nSPS) is 11.0. The number of hydrogen-bond acceptors (Lipinski definition) is 3. The Kier molecular flexibility index (Phi) is 4.56. The average Bonchev–Trinajstić information content (AvgIpc) is 3.15. The molecular formula is C16H15ClFN3O. The van der Waals surface area contributed by atoms with E-state index < -0.39 is 0 Å². The van der Waals surface area contributed by atoms with Gasteiger partial charge in [0.15, 0.2) is 0 Å². The predicted molar refractivity (Wildman–Crippen MR) is 83.1 cm³/mol. The molecule has 0 spiro atoms. The average molecular weight is 320 g/mol. The first-order chi connectivity index (χ1) is 10.7. The minimum absolute atomic E-state index is 0.369. The molecule has 0 saturated heterocycles. The van der Waals surface area contributed by atoms with E-state index in [1.165, 1.54) is 6.07 Å². The summed E-state index contributed by atoms with van der Waals surface area (Å²) in [6.45, 7) is 1.39. The van der Waals surface area contributed by atoms with Crippen molar-refractivity contribution in [3.05, 3.63) is 65.2 Å². The first-order valence-electron chi connectivity index (χ1n) is 6.94. The molecule has 0 saturated carbocycles. The molecule has 4 nitrogen and oxygen atoms in total. The molecule has 0 radical (unpaired) electrons. The van der Waals surface area contributed by atoms with Crippen molar-refractivity contribution >= 4 is 11.6 Å². The predicted octanol–water partition coefficient (Wildman–Crippen LogP) is 3.79. The molecule has 6 heteroatoms. The second kappa shape index (κ2) is 6.77. The highest BCUT2D eigenvalue weighted by atomic mass is 35.5.